The highest BCUT2D eigenvalue weighted by atomic mass is 79.9. The van der Waals surface area contributed by atoms with E-state index in [9.17, 15) is 0 Å². The van der Waals surface area contributed by atoms with Gasteiger partial charge in [0, 0.05) is 22.4 Å². The largest absolute Gasteiger partial charge is 0.496 e. The summed E-state index contributed by atoms with van der Waals surface area (Å²) in [5.41, 5.74) is 3.33. The van der Waals surface area contributed by atoms with E-state index in [4.69, 9.17) is 9.72 Å². The molecule has 124 valence electrons. The predicted octanol–water partition coefficient (Wildman–Crippen LogP) is 5.43. The quantitative estimate of drug-likeness (QED) is 0.596. The number of benzene rings is 2. The van der Waals surface area contributed by atoms with Crippen molar-refractivity contribution in [2.45, 2.75) is 19.5 Å². The van der Waals surface area contributed by atoms with Crippen molar-refractivity contribution in [1.82, 2.24) is 10.3 Å². The van der Waals surface area contributed by atoms with E-state index in [1.165, 1.54) is 5.56 Å². The number of hydrogen-bond donors (Lipinski definition) is 1. The summed E-state index contributed by atoms with van der Waals surface area (Å²) in [7, 11) is 1.68. The smallest absolute Gasteiger partial charge is 0.129 e. The lowest BCUT2D eigenvalue weighted by atomic mass is 10.1. The molecule has 2 aromatic carbocycles. The average Bonchev–Trinajstić information content (AvgIpc) is 3.09. The molecule has 0 amide bonds. The molecule has 1 heterocycles. The van der Waals surface area contributed by atoms with Crippen LogP contribution in [0.25, 0.3) is 10.6 Å². The number of rotatable bonds is 6. The van der Waals surface area contributed by atoms with Crippen molar-refractivity contribution < 1.29 is 4.74 Å². The Labute approximate surface area is 154 Å². The second kappa shape index (κ2) is 7.92. The summed E-state index contributed by atoms with van der Waals surface area (Å²) in [5.74, 6) is 0.838. The number of methoxy groups -OCH3 is 1. The van der Waals surface area contributed by atoms with Gasteiger partial charge >= 0.3 is 0 Å². The van der Waals surface area contributed by atoms with E-state index in [0.29, 0.717) is 0 Å². The standard InChI is InChI=1S/C19H19BrN2OS/c1-13(14-6-4-3-5-7-14)21-11-16-12-24-19(22-16)17-10-15(20)8-9-18(17)23-2/h3-10,12-13,21H,11H2,1-2H3. The van der Waals surface area contributed by atoms with Gasteiger partial charge in [0.25, 0.3) is 0 Å². The van der Waals surface area contributed by atoms with E-state index >= 15 is 0 Å². The van der Waals surface area contributed by atoms with Crippen molar-refractivity contribution in [2.24, 2.45) is 0 Å². The lowest BCUT2D eigenvalue weighted by molar-refractivity contribution is 0.416. The fraction of sp³-hybridized carbons (Fsp3) is 0.211. The number of hydrogen-bond acceptors (Lipinski definition) is 4. The molecule has 1 N–H and O–H groups in total. The Hall–Kier alpha value is -1.69. The van der Waals surface area contributed by atoms with Gasteiger partial charge in [-0.15, -0.1) is 11.3 Å². The first-order chi connectivity index (χ1) is 11.7. The maximum atomic E-state index is 5.45. The first-order valence-electron chi connectivity index (χ1n) is 7.74. The number of nitrogens with zero attached hydrogens (tertiary/aromatic N) is 1. The highest BCUT2D eigenvalue weighted by molar-refractivity contribution is 9.10. The van der Waals surface area contributed by atoms with E-state index in [1.807, 2.05) is 24.3 Å². The van der Waals surface area contributed by atoms with Crippen molar-refractivity contribution in [3.05, 3.63) is 69.6 Å². The fourth-order valence-corrected chi connectivity index (χ4v) is 3.68. The van der Waals surface area contributed by atoms with Crippen LogP contribution in [0.15, 0.2) is 58.4 Å². The lowest BCUT2D eigenvalue weighted by Crippen LogP contribution is -2.18. The minimum Gasteiger partial charge on any atom is -0.496 e. The van der Waals surface area contributed by atoms with Crippen molar-refractivity contribution in [2.75, 3.05) is 7.11 Å². The molecule has 3 nitrogen and oxygen atoms in total. The Balaban J connectivity index is 1.71. The first-order valence-corrected chi connectivity index (χ1v) is 9.41. The predicted molar refractivity (Wildman–Crippen MR) is 103 cm³/mol. The summed E-state index contributed by atoms with van der Waals surface area (Å²) < 4.78 is 6.47. The number of thiazole rings is 1. The Kier molecular flexibility index (Phi) is 5.66. The fourth-order valence-electron chi connectivity index (χ4n) is 2.48. The zero-order chi connectivity index (χ0) is 16.9. The van der Waals surface area contributed by atoms with Crippen LogP contribution >= 0.6 is 27.3 Å². The minimum absolute atomic E-state index is 0.289. The van der Waals surface area contributed by atoms with Crippen LogP contribution in [-0.4, -0.2) is 12.1 Å². The molecule has 0 aliphatic heterocycles. The summed E-state index contributed by atoms with van der Waals surface area (Å²) in [5, 5.41) is 6.59. The topological polar surface area (TPSA) is 34.1 Å². The second-order valence-corrected chi connectivity index (χ2v) is 7.28. The molecular weight excluding hydrogens is 384 g/mol. The monoisotopic (exact) mass is 402 g/mol. The molecule has 1 aromatic heterocycles. The van der Waals surface area contributed by atoms with Crippen LogP contribution in [0.4, 0.5) is 0 Å². The highest BCUT2D eigenvalue weighted by Crippen LogP contribution is 2.34. The maximum absolute atomic E-state index is 5.45. The molecule has 1 atom stereocenters. The molecule has 0 radical (unpaired) electrons. The van der Waals surface area contributed by atoms with E-state index in [2.05, 4.69) is 57.8 Å². The molecule has 0 aliphatic rings. The summed E-state index contributed by atoms with van der Waals surface area (Å²) in [6.07, 6.45) is 0. The van der Waals surface area contributed by atoms with Gasteiger partial charge in [-0.2, -0.15) is 0 Å². The number of halogens is 1. The van der Waals surface area contributed by atoms with Gasteiger partial charge in [0.1, 0.15) is 10.8 Å². The molecule has 0 fully saturated rings. The van der Waals surface area contributed by atoms with Gasteiger partial charge in [-0.25, -0.2) is 4.98 Å². The van der Waals surface area contributed by atoms with Gasteiger partial charge in [0.15, 0.2) is 0 Å². The average molecular weight is 403 g/mol. The summed E-state index contributed by atoms with van der Waals surface area (Å²) in [6, 6.07) is 16.7. The van der Waals surface area contributed by atoms with E-state index in [1.54, 1.807) is 18.4 Å². The number of ether oxygens (including phenoxy) is 1. The van der Waals surface area contributed by atoms with Crippen LogP contribution in [-0.2, 0) is 6.54 Å². The lowest BCUT2D eigenvalue weighted by Gasteiger charge is -2.13. The SMILES string of the molecule is COc1ccc(Br)cc1-c1nc(CNC(C)c2ccccc2)cs1. The molecule has 0 spiro atoms. The first kappa shape index (κ1) is 17.1. The Morgan fingerprint density at radius 2 is 2.00 bits per heavy atom. The van der Waals surface area contributed by atoms with E-state index in [-0.39, 0.29) is 6.04 Å². The highest BCUT2D eigenvalue weighted by Gasteiger charge is 2.12. The zero-order valence-electron chi connectivity index (χ0n) is 13.6. The summed E-state index contributed by atoms with van der Waals surface area (Å²) >= 11 is 5.15. The van der Waals surface area contributed by atoms with Crippen molar-refractivity contribution in [1.29, 1.82) is 0 Å². The number of nitrogens with one attached hydrogen (secondary N) is 1. The van der Waals surface area contributed by atoms with Crippen molar-refractivity contribution >= 4 is 27.3 Å². The second-order valence-electron chi connectivity index (χ2n) is 5.50. The minimum atomic E-state index is 0.289. The third-order valence-corrected chi connectivity index (χ3v) is 5.25. The van der Waals surface area contributed by atoms with E-state index < -0.39 is 0 Å². The molecule has 0 saturated carbocycles. The zero-order valence-corrected chi connectivity index (χ0v) is 16.0. The van der Waals surface area contributed by atoms with E-state index in [0.717, 1.165) is 33.0 Å². The molecule has 5 heteroatoms. The van der Waals surface area contributed by atoms with Gasteiger partial charge < -0.3 is 10.1 Å². The molecule has 0 saturated heterocycles. The van der Waals surface area contributed by atoms with Gasteiger partial charge in [-0.1, -0.05) is 46.3 Å². The molecule has 0 bridgehead atoms. The maximum Gasteiger partial charge on any atom is 0.129 e. The van der Waals surface area contributed by atoms with Gasteiger partial charge in [0.05, 0.1) is 18.4 Å². The van der Waals surface area contributed by atoms with Crippen LogP contribution < -0.4 is 10.1 Å². The Morgan fingerprint density at radius 3 is 2.75 bits per heavy atom. The van der Waals surface area contributed by atoms with Gasteiger partial charge in [0.2, 0.25) is 0 Å². The van der Waals surface area contributed by atoms with Crippen molar-refractivity contribution in [3.63, 3.8) is 0 Å². The Bertz CT molecular complexity index is 804. The third kappa shape index (κ3) is 4.04. The summed E-state index contributed by atoms with van der Waals surface area (Å²) in [6.45, 7) is 2.91. The van der Waals surface area contributed by atoms with Crippen LogP contribution in [0.3, 0.4) is 0 Å². The van der Waals surface area contributed by atoms with Crippen LogP contribution in [0, 0.1) is 0 Å². The normalized spacial score (nSPS) is 12.1. The molecule has 0 aliphatic carbocycles. The Morgan fingerprint density at radius 1 is 1.21 bits per heavy atom. The third-order valence-electron chi connectivity index (χ3n) is 3.83. The molecule has 3 aromatic rings. The molecule has 24 heavy (non-hydrogen) atoms. The van der Waals surface area contributed by atoms with Crippen LogP contribution in [0.2, 0.25) is 0 Å². The summed E-state index contributed by atoms with van der Waals surface area (Å²) in [4.78, 5) is 4.75. The van der Waals surface area contributed by atoms with Gasteiger partial charge in [-0.05, 0) is 30.7 Å². The van der Waals surface area contributed by atoms with Gasteiger partial charge in [-0.3, -0.25) is 0 Å². The number of aromatic nitrogens is 1. The molecule has 1 unspecified atom stereocenters. The van der Waals surface area contributed by atoms with Crippen LogP contribution in [0.5, 0.6) is 5.75 Å². The molecule has 3 rings (SSSR count). The molecular formula is C19H19BrN2OS. The van der Waals surface area contributed by atoms with Crippen LogP contribution in [0.1, 0.15) is 24.2 Å². The van der Waals surface area contributed by atoms with Crippen molar-refractivity contribution in [3.8, 4) is 16.3 Å².